The predicted molar refractivity (Wildman–Crippen MR) is 479 cm³/mol. The summed E-state index contributed by atoms with van der Waals surface area (Å²) in [7, 11) is 12.6. The third kappa shape index (κ3) is 20.7. The number of imidazole rings is 1. The van der Waals surface area contributed by atoms with Crippen LogP contribution < -0.4 is 31.9 Å². The van der Waals surface area contributed by atoms with Gasteiger partial charge in [-0.2, -0.15) is 0 Å². The Bertz CT molecular complexity index is 5490. The van der Waals surface area contributed by atoms with E-state index < -0.39 is 5.97 Å². The maximum absolute atomic E-state index is 13.5. The number of nitrogens with one attached hydrogen (secondary N) is 6. The number of amides is 3. The van der Waals surface area contributed by atoms with Crippen molar-refractivity contribution in [3.63, 3.8) is 0 Å². The molecule has 3 saturated heterocycles. The molecule has 17 rings (SSSR count). The average Bonchev–Trinajstić information content (AvgIpc) is 1.68. The second-order valence-corrected chi connectivity index (χ2v) is 31.5. The number of pyridine rings is 3. The van der Waals surface area contributed by atoms with Gasteiger partial charge in [-0.15, -0.1) is 0 Å². The molecule has 33 heteroatoms. The summed E-state index contributed by atoms with van der Waals surface area (Å²) >= 11 is 0. The summed E-state index contributed by atoms with van der Waals surface area (Å²) in [5.74, 6) is 1.95. The van der Waals surface area contributed by atoms with Crippen LogP contribution >= 0.6 is 0 Å². The van der Waals surface area contributed by atoms with Gasteiger partial charge in [0, 0.05) is 171 Å². The monoisotopic (exact) mass is 1690 g/mol. The zero-order chi connectivity index (χ0) is 87.0. The van der Waals surface area contributed by atoms with Crippen LogP contribution in [0.25, 0.3) is 34.1 Å². The highest BCUT2D eigenvalue weighted by Gasteiger charge is 2.35. The third-order valence-electron chi connectivity index (χ3n) is 23.1. The molecule has 6 N–H and O–H groups in total. The van der Waals surface area contributed by atoms with E-state index in [1.807, 2.05) is 105 Å². The van der Waals surface area contributed by atoms with E-state index in [9.17, 15) is 19.2 Å². The molecule has 125 heavy (non-hydrogen) atoms. The first-order valence-corrected chi connectivity index (χ1v) is 41.7. The number of nitrogens with zero attached hydrogens (tertiary/aromatic N) is 18. The summed E-state index contributed by atoms with van der Waals surface area (Å²) in [5, 5.41) is 19.3. The van der Waals surface area contributed by atoms with Crippen molar-refractivity contribution in [2.45, 2.75) is 58.2 Å². The lowest BCUT2D eigenvalue weighted by Crippen LogP contribution is -2.54. The van der Waals surface area contributed by atoms with E-state index >= 15 is 0 Å². The molecule has 6 aliphatic rings. The van der Waals surface area contributed by atoms with Crippen molar-refractivity contribution in [3.8, 4) is 17.4 Å². The van der Waals surface area contributed by atoms with Gasteiger partial charge >= 0.3 is 5.97 Å². The number of carbonyl (C=O) groups excluding carboxylic acids is 4. The number of esters is 1. The van der Waals surface area contributed by atoms with Crippen molar-refractivity contribution in [2.75, 3.05) is 180 Å². The SMILES string of the molecule is COC[C@H](C(=O)Nc1cccc2c1CC=C2c1nc(Nc2ccc(-c3ncco3)nc2)ncc1C)N1CCN(C)CC1.COC[C@H](C(=O)Nc1cccc2c1CC=C2c1nc(Nc2ccc(-n3ccnc3)nc2)ncc1C)N1CCN(C)CC1.COC[C@H](C(=O)Nc1cccc2c1CC=C2c1nc(Nc2cncc(C(=O)OC)c2)ncc1C)N1CCN(C)CC1. The van der Waals surface area contributed by atoms with Crippen LogP contribution in [0.1, 0.15) is 77.5 Å². The van der Waals surface area contributed by atoms with Crippen molar-refractivity contribution in [1.82, 2.24) is 88.8 Å². The molecule has 3 atom stereocenters. The molecule has 11 aromatic rings. The smallest absolute Gasteiger partial charge is 0.339 e. The number of hydrogen-bond acceptors (Lipinski definition) is 29. The standard InChI is InChI=1S/C31H35N9O2.C31H34N8O3.C30H35N7O4/c1-21-17-34-31(35-22-7-10-28(33-18-22)40-12-11-32-20-40)37-29(21)25-9-8-24-23(25)5-4-6-26(24)36-30(41)27(19-42-3)39-15-13-38(2)14-16-39;1-20-17-34-31(35-21-7-10-26(33-18-21)30-32-11-16-42-30)37-28(20)24-9-8-23-22(24)5-4-6-25(23)36-29(40)27(19-41-3)39-14-12-38(2)13-15-39;1-19-15-32-30(33-21-14-20(16-31-17-21)29(39)41-4)35-27(19)24-9-8-23-22(24)6-5-7-25(23)34-28(38)26(18-40-3)37-12-10-36(2)11-13-37/h4-7,9-12,17-18,20,27H,8,13-16,19H2,1-3H3,(H,36,41)(H,34,35,37);4-7,9-11,16-18,27H,8,12-15,19H2,1-3H3,(H,36,40)(H,34,35,37);5-7,9,14-17,26H,8,10-13,18H2,1-4H3,(H,34,38)(H,32,33,35)/t2*27-;26-/m111/s1. The Kier molecular flexibility index (Phi) is 28.1. The molecule has 3 amide bonds. The van der Waals surface area contributed by atoms with Crippen LogP contribution in [0.5, 0.6) is 0 Å². The van der Waals surface area contributed by atoms with E-state index in [1.165, 1.54) is 19.6 Å². The third-order valence-corrected chi connectivity index (χ3v) is 23.1. The largest absolute Gasteiger partial charge is 0.465 e. The summed E-state index contributed by atoms with van der Waals surface area (Å²) in [6.07, 6.45) is 28.8. The molecule has 33 nitrogen and oxygen atoms in total. The van der Waals surface area contributed by atoms with E-state index in [1.54, 1.807) is 70.9 Å². The van der Waals surface area contributed by atoms with Gasteiger partial charge in [-0.1, -0.05) is 54.6 Å². The molecule has 646 valence electrons. The number of oxazole rings is 1. The Morgan fingerprint density at radius 1 is 0.440 bits per heavy atom. The number of methoxy groups -OCH3 is 4. The zero-order valence-corrected chi connectivity index (χ0v) is 71.9. The topological polar surface area (TPSA) is 357 Å². The second-order valence-electron chi connectivity index (χ2n) is 31.5. The van der Waals surface area contributed by atoms with E-state index in [0.717, 1.165) is 197 Å². The lowest BCUT2D eigenvalue weighted by atomic mass is 9.99. The van der Waals surface area contributed by atoms with E-state index in [2.05, 4.69) is 159 Å². The van der Waals surface area contributed by atoms with Crippen molar-refractivity contribution in [2.24, 2.45) is 0 Å². The highest BCUT2D eigenvalue weighted by atomic mass is 16.5. The minimum absolute atomic E-state index is 0.0411. The van der Waals surface area contributed by atoms with E-state index in [4.69, 9.17) is 38.3 Å². The van der Waals surface area contributed by atoms with Crippen molar-refractivity contribution in [3.05, 3.63) is 250 Å². The van der Waals surface area contributed by atoms with Gasteiger partial charge in [0.2, 0.25) is 41.5 Å². The summed E-state index contributed by atoms with van der Waals surface area (Å²) in [6, 6.07) is 26.2. The van der Waals surface area contributed by atoms with Crippen molar-refractivity contribution < 1.29 is 42.5 Å². The Morgan fingerprint density at radius 3 is 1.22 bits per heavy atom. The van der Waals surface area contributed by atoms with Gasteiger partial charge in [0.25, 0.3) is 0 Å². The van der Waals surface area contributed by atoms with Crippen molar-refractivity contribution >= 4 is 92.4 Å². The first-order chi connectivity index (χ1) is 60.9. The zero-order valence-electron chi connectivity index (χ0n) is 71.9. The summed E-state index contributed by atoms with van der Waals surface area (Å²) in [4.78, 5) is 115. The minimum Gasteiger partial charge on any atom is -0.465 e. The number of hydrogen-bond donors (Lipinski definition) is 6. The lowest BCUT2D eigenvalue weighted by molar-refractivity contribution is -0.124. The first-order valence-electron chi connectivity index (χ1n) is 41.7. The molecule has 3 fully saturated rings. The molecular weight excluding hydrogens is 1590 g/mol. The van der Waals surface area contributed by atoms with Crippen LogP contribution in [-0.2, 0) is 52.6 Å². The quantitative estimate of drug-likeness (QED) is 0.0261. The Labute approximate surface area is 725 Å². The Morgan fingerprint density at radius 2 is 0.856 bits per heavy atom. The fraction of sp³-hybridized carbons (Fsp3) is 0.337. The van der Waals surface area contributed by atoms with Gasteiger partial charge in [0.15, 0.2) is 0 Å². The number of anilines is 9. The van der Waals surface area contributed by atoms with Crippen LogP contribution in [0.2, 0.25) is 0 Å². The van der Waals surface area contributed by atoms with Crippen LogP contribution in [0.4, 0.5) is 52.0 Å². The second kappa shape index (κ2) is 40.5. The predicted octanol–water partition coefficient (Wildman–Crippen LogP) is 9.96. The van der Waals surface area contributed by atoms with Crippen LogP contribution in [0.3, 0.4) is 0 Å². The van der Waals surface area contributed by atoms with Gasteiger partial charge in [0.1, 0.15) is 42.2 Å². The highest BCUT2D eigenvalue weighted by Crippen LogP contribution is 2.41. The number of fused-ring (bicyclic) bond motifs is 3. The molecule has 0 radical (unpaired) electrons. The van der Waals surface area contributed by atoms with Crippen LogP contribution in [0.15, 0.2) is 182 Å². The van der Waals surface area contributed by atoms with E-state index in [-0.39, 0.29) is 35.8 Å². The number of rotatable bonds is 27. The number of aryl methyl sites for hydroxylation is 3. The molecule has 0 unspecified atom stereocenters. The Balaban J connectivity index is 0.000000145. The van der Waals surface area contributed by atoms with Gasteiger partial charge in [-0.05, 0) is 160 Å². The molecular formula is C92H104N24O9. The van der Waals surface area contributed by atoms with E-state index in [0.29, 0.717) is 79.8 Å². The average molecular weight is 1690 g/mol. The number of allylic oxidation sites excluding steroid dienone is 3. The Hall–Kier alpha value is -13.1. The molecule has 3 aliphatic carbocycles. The van der Waals surface area contributed by atoms with Gasteiger partial charge in [0.05, 0.1) is 91.4 Å². The fourth-order valence-electron chi connectivity index (χ4n) is 16.1. The maximum Gasteiger partial charge on any atom is 0.339 e. The first kappa shape index (κ1) is 86.8. The lowest BCUT2D eigenvalue weighted by Gasteiger charge is -2.36. The molecule has 0 bridgehead atoms. The summed E-state index contributed by atoms with van der Waals surface area (Å²) in [5.41, 5.74) is 20.2. The summed E-state index contributed by atoms with van der Waals surface area (Å²) in [6.45, 7) is 17.6. The maximum atomic E-state index is 13.5. The molecule has 8 aromatic heterocycles. The van der Waals surface area contributed by atoms with Crippen LogP contribution in [-0.4, -0.2) is 279 Å². The normalized spacial score (nSPS) is 16.1. The van der Waals surface area contributed by atoms with Crippen LogP contribution in [0, 0.1) is 20.8 Å². The number of likely N-dealkylation sites (N-methyl/N-ethyl adjacent to an activating group) is 3. The number of carbonyl (C=O) groups is 4. The van der Waals surface area contributed by atoms with Crippen molar-refractivity contribution in [1.29, 1.82) is 0 Å². The number of ether oxygens (including phenoxy) is 4. The molecule has 0 saturated carbocycles. The minimum atomic E-state index is -0.473. The molecule has 0 spiro atoms. The number of aromatic nitrogens is 12. The molecule has 3 aromatic carbocycles. The van der Waals surface area contributed by atoms with Gasteiger partial charge < -0.3 is 70.0 Å². The summed E-state index contributed by atoms with van der Waals surface area (Å²) < 4.78 is 28.3. The number of piperazine rings is 3. The highest BCUT2D eigenvalue weighted by molar-refractivity contribution is 6.00. The fourth-order valence-corrected chi connectivity index (χ4v) is 16.1. The molecule has 11 heterocycles. The number of benzene rings is 3. The van der Waals surface area contributed by atoms with Gasteiger partial charge in [-0.3, -0.25) is 38.6 Å². The van der Waals surface area contributed by atoms with Gasteiger partial charge in [-0.25, -0.2) is 54.6 Å². The molecule has 3 aliphatic heterocycles.